The van der Waals surface area contributed by atoms with Crippen LogP contribution < -0.4 is 14.5 Å². The third kappa shape index (κ3) is 24.9. The van der Waals surface area contributed by atoms with E-state index in [1.54, 1.807) is 11.8 Å². The fraction of sp³-hybridized carbons (Fsp3) is 0.200. The number of aryl methyl sites for hydroxylation is 12. The Bertz CT molecular complexity index is 4450. The predicted molar refractivity (Wildman–Crippen MR) is 472 cm³/mol. The maximum absolute atomic E-state index is 5.69. The van der Waals surface area contributed by atoms with Gasteiger partial charge < -0.3 is 14.5 Å². The van der Waals surface area contributed by atoms with Crippen LogP contribution in [0.25, 0.3) is 22.3 Å². The third-order valence-corrected chi connectivity index (χ3v) is 21.3. The van der Waals surface area contributed by atoms with Gasteiger partial charge in [0.15, 0.2) is 0 Å². The van der Waals surface area contributed by atoms with Crippen molar-refractivity contribution in [2.75, 3.05) is 23.9 Å². The van der Waals surface area contributed by atoms with Crippen molar-refractivity contribution in [3.05, 3.63) is 429 Å². The zero-order chi connectivity index (χ0) is 77.1. The Morgan fingerprint density at radius 2 is 0.440 bits per heavy atom. The Hall–Kier alpha value is -11.2. The van der Waals surface area contributed by atoms with Gasteiger partial charge in [-0.25, -0.2) is 0 Å². The lowest BCUT2D eigenvalue weighted by Gasteiger charge is -2.38. The smallest absolute Gasteiger partial charge is 0.127 e. The van der Waals surface area contributed by atoms with Crippen LogP contribution in [0.15, 0.2) is 350 Å². The van der Waals surface area contributed by atoms with Gasteiger partial charge in [-0.3, -0.25) is 0 Å². The third-order valence-electron chi connectivity index (χ3n) is 20.2. The number of benzene rings is 14. The fourth-order valence-corrected chi connectivity index (χ4v) is 13.9. The maximum Gasteiger partial charge on any atom is 0.127 e. The highest BCUT2D eigenvalue weighted by Gasteiger charge is 2.35. The average Bonchev–Trinajstić information content (AvgIpc) is 0.771. The normalized spacial score (nSPS) is 11.7. The zero-order valence-corrected chi connectivity index (χ0v) is 67.6. The second kappa shape index (κ2) is 40.1. The molecule has 1 aliphatic rings. The molecule has 109 heavy (non-hydrogen) atoms. The Morgan fingerprint density at radius 1 is 0.239 bits per heavy atom. The molecule has 14 aromatic rings. The van der Waals surface area contributed by atoms with Gasteiger partial charge in [0, 0.05) is 52.1 Å². The molecule has 0 N–H and O–H groups in total. The quantitative estimate of drug-likeness (QED) is 0.108. The van der Waals surface area contributed by atoms with Gasteiger partial charge in [-0.1, -0.05) is 340 Å². The van der Waals surface area contributed by atoms with Crippen molar-refractivity contribution >= 4 is 34.5 Å². The van der Waals surface area contributed by atoms with Crippen molar-refractivity contribution in [2.24, 2.45) is 0 Å². The number of hydrogen-bond donors (Lipinski definition) is 0. The van der Waals surface area contributed by atoms with Gasteiger partial charge in [-0.2, -0.15) is 0 Å². The highest BCUT2D eigenvalue weighted by atomic mass is 32.2. The molecule has 1 saturated carbocycles. The molecule has 552 valence electrons. The van der Waals surface area contributed by atoms with Crippen molar-refractivity contribution in [3.63, 3.8) is 0 Å². The first-order chi connectivity index (χ1) is 52.7. The molecule has 0 atom stereocenters. The minimum absolute atomic E-state index is 0.250. The molecule has 4 heteroatoms. The van der Waals surface area contributed by atoms with E-state index in [0.717, 1.165) is 17.9 Å². The molecular weight excluding hydrogens is 1340 g/mol. The Kier molecular flexibility index (Phi) is 29.6. The second-order valence-corrected chi connectivity index (χ2v) is 30.7. The summed E-state index contributed by atoms with van der Waals surface area (Å²) < 4.78 is 5.69. The van der Waals surface area contributed by atoms with E-state index in [0.29, 0.717) is 0 Å². The summed E-state index contributed by atoms with van der Waals surface area (Å²) in [5.74, 6) is 1.76. The van der Waals surface area contributed by atoms with Crippen LogP contribution in [0.1, 0.15) is 121 Å². The Morgan fingerprint density at radius 3 is 0.706 bits per heavy atom. The van der Waals surface area contributed by atoms with E-state index in [9.17, 15) is 0 Å². The van der Waals surface area contributed by atoms with Gasteiger partial charge in [0.2, 0.25) is 0 Å². The van der Waals surface area contributed by atoms with Gasteiger partial charge in [0.25, 0.3) is 0 Å². The van der Waals surface area contributed by atoms with Gasteiger partial charge in [-0.05, 0) is 244 Å². The van der Waals surface area contributed by atoms with Crippen molar-refractivity contribution in [1.82, 2.24) is 0 Å². The number of ether oxygens (including phenoxy) is 1. The summed E-state index contributed by atoms with van der Waals surface area (Å²) in [5.41, 5.74) is 31.4. The van der Waals surface area contributed by atoms with Gasteiger partial charge in [-0.15, -0.1) is 0 Å². The number of rotatable bonds is 14. The fourth-order valence-electron chi connectivity index (χ4n) is 13.1. The molecule has 0 radical (unpaired) electrons. The Balaban J connectivity index is 0.000000142. The van der Waals surface area contributed by atoms with Crippen LogP contribution in [0.3, 0.4) is 0 Å². The number of anilines is 4. The topological polar surface area (TPSA) is 15.7 Å². The van der Waals surface area contributed by atoms with Crippen LogP contribution in [0, 0.1) is 83.1 Å². The summed E-state index contributed by atoms with van der Waals surface area (Å²) in [6.07, 6.45) is 7.70. The molecule has 0 heterocycles. The molecular formula is C105H110N2OS. The summed E-state index contributed by atoms with van der Waals surface area (Å²) in [5, 5.41) is 0. The van der Waals surface area contributed by atoms with E-state index in [2.05, 4.69) is 398 Å². The maximum atomic E-state index is 5.69. The van der Waals surface area contributed by atoms with Crippen molar-refractivity contribution in [2.45, 2.75) is 137 Å². The molecule has 14 aromatic carbocycles. The van der Waals surface area contributed by atoms with E-state index in [4.69, 9.17) is 4.74 Å². The van der Waals surface area contributed by atoms with Crippen LogP contribution in [0.4, 0.5) is 22.7 Å². The van der Waals surface area contributed by atoms with E-state index in [1.165, 1.54) is 176 Å². The summed E-state index contributed by atoms with van der Waals surface area (Å²) >= 11 is 1.80. The second-order valence-electron chi connectivity index (χ2n) is 29.6. The highest BCUT2D eigenvalue weighted by Crippen LogP contribution is 2.45. The van der Waals surface area contributed by atoms with E-state index < -0.39 is 0 Å². The first-order valence-electron chi connectivity index (χ1n) is 38.5. The average molecular weight is 1450 g/mol. The first kappa shape index (κ1) is 80.4. The lowest BCUT2D eigenvalue weighted by atomic mass is 9.65. The number of nitrogens with zero attached hydrogens (tertiary/aromatic N) is 2. The van der Waals surface area contributed by atoms with E-state index in [-0.39, 0.29) is 5.41 Å². The van der Waals surface area contributed by atoms with Crippen molar-refractivity contribution < 1.29 is 4.74 Å². The molecule has 0 spiro atoms. The van der Waals surface area contributed by atoms with Crippen molar-refractivity contribution in [1.29, 1.82) is 0 Å². The molecule has 1 aliphatic carbocycles. The van der Waals surface area contributed by atoms with Crippen LogP contribution in [-0.2, 0) is 11.8 Å². The molecule has 0 aromatic heterocycles. The standard InChI is InChI=1S/C27H25N.C20H24.C15H17N.C15H16.C14H14O.C14H14S/c1-20-4-8-22(9-5-20)24-12-16-26(17-13-24)28(3)27-18-14-25(15-19-27)23-10-6-21(2)7-11-23;1-16-6-10-18(11-7-16)20(14-4-3-5-15-20)19-12-8-17(2)9-13-19;1-12-4-8-14(9-5-12)16(3)15-10-6-13(2)7-11-15;1-12-3-7-14(8-4-12)11-15-9-5-13(2)6-10-15;2*1-11-3-7-13(8-4-11)15-14-9-5-12(2)6-10-14/h4-19H,1-3H3;6-13H,3-5,14-15H2,1-2H3;4-11H,1-3H3;3-10H,11H2,1-2H3;2*3-10H,1-2H3. The molecule has 0 bridgehead atoms. The van der Waals surface area contributed by atoms with Gasteiger partial charge in [0.1, 0.15) is 11.5 Å². The lowest BCUT2D eigenvalue weighted by molar-refractivity contribution is 0.346. The molecule has 1 fully saturated rings. The molecule has 3 nitrogen and oxygen atoms in total. The summed E-state index contributed by atoms with van der Waals surface area (Å²) in [4.78, 5) is 7.00. The highest BCUT2D eigenvalue weighted by molar-refractivity contribution is 7.99. The van der Waals surface area contributed by atoms with Crippen LogP contribution in [-0.4, -0.2) is 14.1 Å². The summed E-state index contributed by atoms with van der Waals surface area (Å²) in [7, 11) is 4.21. The molecule has 0 amide bonds. The monoisotopic (exact) mass is 1450 g/mol. The number of hydrogen-bond acceptors (Lipinski definition) is 4. The molecule has 15 rings (SSSR count). The minimum Gasteiger partial charge on any atom is -0.457 e. The van der Waals surface area contributed by atoms with E-state index in [1.807, 2.05) is 48.5 Å². The minimum atomic E-state index is 0.250. The van der Waals surface area contributed by atoms with Crippen LogP contribution in [0.5, 0.6) is 11.5 Å². The lowest BCUT2D eigenvalue weighted by Crippen LogP contribution is -2.30. The Labute approximate surface area is 658 Å². The van der Waals surface area contributed by atoms with Crippen molar-refractivity contribution in [3.8, 4) is 33.8 Å². The zero-order valence-electron chi connectivity index (χ0n) is 66.8. The van der Waals surface area contributed by atoms with E-state index >= 15 is 0 Å². The molecule has 0 unspecified atom stereocenters. The largest absolute Gasteiger partial charge is 0.457 e. The summed E-state index contributed by atoms with van der Waals surface area (Å²) in [6, 6.07) is 121. The van der Waals surface area contributed by atoms with Gasteiger partial charge in [0.05, 0.1) is 0 Å². The predicted octanol–water partition coefficient (Wildman–Crippen LogP) is 29.5. The first-order valence-corrected chi connectivity index (χ1v) is 39.3. The molecule has 0 saturated heterocycles. The van der Waals surface area contributed by atoms with Gasteiger partial charge >= 0.3 is 0 Å². The summed E-state index contributed by atoms with van der Waals surface area (Å²) in [6.45, 7) is 25.4. The SMILES string of the molecule is Cc1ccc(-c2ccc(N(C)c3ccc(-c4ccc(C)cc4)cc3)cc2)cc1.Cc1ccc(C2(c3ccc(C)cc3)CCCCC2)cc1.Cc1ccc(Cc2ccc(C)cc2)cc1.Cc1ccc(N(C)c2ccc(C)cc2)cc1.Cc1ccc(Oc2ccc(C)cc2)cc1.Cc1ccc(Sc2ccc(C)cc2)cc1. The molecule has 0 aliphatic heterocycles. The van der Waals surface area contributed by atoms with Crippen LogP contribution >= 0.6 is 11.8 Å². The van der Waals surface area contributed by atoms with Crippen LogP contribution in [0.2, 0.25) is 0 Å².